The van der Waals surface area contributed by atoms with Crippen molar-refractivity contribution in [2.24, 2.45) is 23.2 Å². The molecule has 4 aliphatic carbocycles. The Balaban J connectivity index is 0.00000133. The van der Waals surface area contributed by atoms with Crippen LogP contribution in [-0.4, -0.2) is 29.4 Å². The summed E-state index contributed by atoms with van der Waals surface area (Å²) in [6.07, 6.45) is 5.49. The minimum Gasteiger partial charge on any atom is -0.748 e. The van der Waals surface area contributed by atoms with Gasteiger partial charge in [-0.25, -0.2) is 8.42 Å². The first-order valence-electron chi connectivity index (χ1n) is 6.93. The Morgan fingerprint density at radius 3 is 1.79 bits per heavy atom. The minimum atomic E-state index is -4.40. The molecule has 0 spiro atoms. The van der Waals surface area contributed by atoms with Crippen LogP contribution in [0.15, 0.2) is 0 Å². The molecule has 0 aromatic heterocycles. The standard InChI is InChI=1S/C13H22O4S.Na/c1-8(18(15,16)17)12(14)13-5-9-2-10(6-13)4-11(3-9)7-13;/h8-12,14H,2-7H2,1H3,(H,15,16,17);/q;+1/p-1. The Hall–Kier alpha value is 0.870. The smallest absolute Gasteiger partial charge is 0.748 e. The Morgan fingerprint density at radius 1 is 1.11 bits per heavy atom. The molecular formula is C13H21NaO4S. The molecule has 6 heteroatoms. The van der Waals surface area contributed by atoms with Crippen molar-refractivity contribution < 1.29 is 47.6 Å². The Labute approximate surface area is 137 Å². The molecule has 4 bridgehead atoms. The van der Waals surface area contributed by atoms with Crippen LogP contribution in [0.3, 0.4) is 0 Å². The van der Waals surface area contributed by atoms with Crippen LogP contribution < -0.4 is 29.6 Å². The van der Waals surface area contributed by atoms with Crippen molar-refractivity contribution in [2.45, 2.75) is 56.8 Å². The molecular weight excluding hydrogens is 275 g/mol. The van der Waals surface area contributed by atoms with Gasteiger partial charge in [0.15, 0.2) is 0 Å². The summed E-state index contributed by atoms with van der Waals surface area (Å²) in [6, 6.07) is 0. The summed E-state index contributed by atoms with van der Waals surface area (Å²) < 4.78 is 33.5. The second kappa shape index (κ2) is 5.25. The fraction of sp³-hybridized carbons (Fsp3) is 1.00. The number of aliphatic hydroxyl groups is 1. The fourth-order valence-corrected chi connectivity index (χ4v) is 5.80. The zero-order valence-corrected chi connectivity index (χ0v) is 14.5. The number of rotatable bonds is 3. The zero-order chi connectivity index (χ0) is 13.1. The van der Waals surface area contributed by atoms with E-state index in [-0.39, 0.29) is 35.0 Å². The van der Waals surface area contributed by atoms with Crippen LogP contribution in [0.4, 0.5) is 0 Å². The van der Waals surface area contributed by atoms with Gasteiger partial charge in [-0.2, -0.15) is 0 Å². The molecule has 4 aliphatic rings. The summed E-state index contributed by atoms with van der Waals surface area (Å²) in [5.74, 6) is 1.94. The van der Waals surface area contributed by atoms with E-state index < -0.39 is 21.5 Å². The van der Waals surface area contributed by atoms with Gasteiger partial charge in [0, 0.05) is 0 Å². The molecule has 0 aromatic rings. The molecule has 19 heavy (non-hydrogen) atoms. The van der Waals surface area contributed by atoms with Crippen LogP contribution in [0.5, 0.6) is 0 Å². The quantitative estimate of drug-likeness (QED) is 0.508. The Morgan fingerprint density at radius 2 is 1.47 bits per heavy atom. The number of aliphatic hydroxyl groups excluding tert-OH is 1. The van der Waals surface area contributed by atoms with Gasteiger partial charge in [0.2, 0.25) is 0 Å². The monoisotopic (exact) mass is 296 g/mol. The average Bonchev–Trinajstić information content (AvgIpc) is 2.23. The maximum atomic E-state index is 11.2. The summed E-state index contributed by atoms with van der Waals surface area (Å²) in [5.41, 5.74) is -0.286. The van der Waals surface area contributed by atoms with Crippen molar-refractivity contribution in [1.29, 1.82) is 0 Å². The molecule has 2 unspecified atom stereocenters. The fourth-order valence-electron chi connectivity index (χ4n) is 5.20. The maximum Gasteiger partial charge on any atom is 1.00 e. The van der Waals surface area contributed by atoms with Crippen LogP contribution in [0, 0.1) is 23.2 Å². The van der Waals surface area contributed by atoms with Crippen molar-refractivity contribution in [3.63, 3.8) is 0 Å². The summed E-state index contributed by atoms with van der Waals surface area (Å²) >= 11 is 0. The van der Waals surface area contributed by atoms with Crippen LogP contribution >= 0.6 is 0 Å². The maximum absolute atomic E-state index is 11.2. The van der Waals surface area contributed by atoms with E-state index in [9.17, 15) is 18.1 Å². The molecule has 2 atom stereocenters. The van der Waals surface area contributed by atoms with Gasteiger partial charge in [0.25, 0.3) is 0 Å². The van der Waals surface area contributed by atoms with Crippen LogP contribution in [-0.2, 0) is 10.1 Å². The van der Waals surface area contributed by atoms with Crippen LogP contribution in [0.25, 0.3) is 0 Å². The third-order valence-electron chi connectivity index (χ3n) is 5.61. The van der Waals surface area contributed by atoms with Crippen molar-refractivity contribution in [2.75, 3.05) is 0 Å². The molecule has 4 rings (SSSR count). The molecule has 1 N–H and O–H groups in total. The second-order valence-corrected chi connectivity index (χ2v) is 8.65. The van der Waals surface area contributed by atoms with Gasteiger partial charge in [-0.3, -0.25) is 0 Å². The van der Waals surface area contributed by atoms with Crippen LogP contribution in [0.2, 0.25) is 0 Å². The molecule has 4 fully saturated rings. The molecule has 0 aromatic carbocycles. The van der Waals surface area contributed by atoms with Gasteiger partial charge in [0.1, 0.15) is 0 Å². The third-order valence-corrected chi connectivity index (χ3v) is 6.78. The summed E-state index contributed by atoms with van der Waals surface area (Å²) in [5, 5.41) is 9.27. The van der Waals surface area contributed by atoms with Gasteiger partial charge < -0.3 is 9.66 Å². The molecule has 104 valence electrons. The first-order valence-corrected chi connectivity index (χ1v) is 8.40. The molecule has 4 saturated carbocycles. The summed E-state index contributed by atoms with van der Waals surface area (Å²) in [7, 11) is -4.40. The molecule has 4 nitrogen and oxygen atoms in total. The van der Waals surface area contributed by atoms with Crippen molar-refractivity contribution in [3.8, 4) is 0 Å². The summed E-state index contributed by atoms with van der Waals surface area (Å²) in [6.45, 7) is 1.37. The molecule has 0 heterocycles. The van der Waals surface area contributed by atoms with Gasteiger partial charge in [-0.15, -0.1) is 0 Å². The average molecular weight is 296 g/mol. The van der Waals surface area contributed by atoms with Gasteiger partial charge >= 0.3 is 29.6 Å². The molecule has 0 aliphatic heterocycles. The predicted octanol–water partition coefficient (Wildman–Crippen LogP) is -1.50. The van der Waals surface area contributed by atoms with Crippen molar-refractivity contribution in [1.82, 2.24) is 0 Å². The minimum absolute atomic E-state index is 0. The van der Waals surface area contributed by atoms with E-state index in [4.69, 9.17) is 0 Å². The number of hydrogen-bond acceptors (Lipinski definition) is 4. The van der Waals surface area contributed by atoms with E-state index in [2.05, 4.69) is 0 Å². The molecule has 0 radical (unpaired) electrons. The SMILES string of the molecule is CC(C(O)C12CC3CC(CC(C3)C1)C2)S(=O)(=O)[O-].[Na+]. The largest absolute Gasteiger partial charge is 1.00 e. The van der Waals surface area contributed by atoms with E-state index in [0.717, 1.165) is 19.3 Å². The predicted molar refractivity (Wildman–Crippen MR) is 65.8 cm³/mol. The van der Waals surface area contributed by atoms with Crippen molar-refractivity contribution >= 4 is 10.1 Å². The van der Waals surface area contributed by atoms with Crippen LogP contribution in [0.1, 0.15) is 45.4 Å². The molecule has 0 saturated heterocycles. The van der Waals surface area contributed by atoms with Gasteiger partial charge in [-0.1, -0.05) is 0 Å². The number of hydrogen-bond donors (Lipinski definition) is 1. The van der Waals surface area contributed by atoms with Gasteiger partial charge in [-0.05, 0) is 68.6 Å². The second-order valence-electron chi connectivity index (χ2n) is 6.92. The topological polar surface area (TPSA) is 77.4 Å². The normalized spacial score (nSPS) is 43.6. The van der Waals surface area contributed by atoms with Crippen molar-refractivity contribution in [3.05, 3.63) is 0 Å². The van der Waals surface area contributed by atoms with E-state index >= 15 is 0 Å². The van der Waals surface area contributed by atoms with Gasteiger partial charge in [0.05, 0.1) is 21.5 Å². The first kappa shape index (κ1) is 16.2. The van der Waals surface area contributed by atoms with E-state index in [1.807, 2.05) is 0 Å². The Kier molecular flexibility index (Phi) is 4.49. The molecule has 0 amide bonds. The van der Waals surface area contributed by atoms with E-state index in [1.165, 1.54) is 26.2 Å². The van der Waals surface area contributed by atoms with E-state index in [1.54, 1.807) is 0 Å². The third kappa shape index (κ3) is 2.79. The first-order chi connectivity index (χ1) is 8.30. The Bertz CT molecular complexity index is 412. The zero-order valence-electron chi connectivity index (χ0n) is 11.7. The van der Waals surface area contributed by atoms with E-state index in [0.29, 0.717) is 17.8 Å². The summed E-state index contributed by atoms with van der Waals surface area (Å²) in [4.78, 5) is 0.